The molecule has 0 saturated carbocycles. The quantitative estimate of drug-likeness (QED) is 0.927. The molecule has 0 amide bonds. The summed E-state index contributed by atoms with van der Waals surface area (Å²) >= 11 is 3.46. The summed E-state index contributed by atoms with van der Waals surface area (Å²) in [6.45, 7) is 0.924. The van der Waals surface area contributed by atoms with E-state index in [0.29, 0.717) is 12.1 Å². The maximum Gasteiger partial charge on any atom is 0.133 e. The molecule has 2 aromatic heterocycles. The molecule has 2 unspecified atom stereocenters. The SMILES string of the molecule is COC1CNC(c2csc(-c3cccs3)n2)C1. The average Bonchev–Trinajstić information content (AvgIpc) is 3.09. The third-order valence-corrected chi connectivity index (χ3v) is 4.93. The Kier molecular flexibility index (Phi) is 3.24. The van der Waals surface area contributed by atoms with Crippen LogP contribution in [0.2, 0.25) is 0 Å². The van der Waals surface area contributed by atoms with E-state index in [1.165, 1.54) is 4.88 Å². The Morgan fingerprint density at radius 1 is 1.47 bits per heavy atom. The van der Waals surface area contributed by atoms with E-state index >= 15 is 0 Å². The average molecular weight is 266 g/mol. The van der Waals surface area contributed by atoms with Crippen molar-refractivity contribution in [2.45, 2.75) is 18.6 Å². The lowest BCUT2D eigenvalue weighted by molar-refractivity contribution is 0.117. The number of aromatic nitrogens is 1. The van der Waals surface area contributed by atoms with Gasteiger partial charge in [-0.2, -0.15) is 0 Å². The van der Waals surface area contributed by atoms with E-state index in [9.17, 15) is 0 Å². The third-order valence-electron chi connectivity index (χ3n) is 3.03. The van der Waals surface area contributed by atoms with Gasteiger partial charge >= 0.3 is 0 Å². The molecule has 90 valence electrons. The Morgan fingerprint density at radius 3 is 3.12 bits per heavy atom. The van der Waals surface area contributed by atoms with Gasteiger partial charge in [0, 0.05) is 19.0 Å². The predicted octanol–water partition coefficient (Wildman–Crippen LogP) is 2.92. The molecular formula is C12H14N2OS2. The van der Waals surface area contributed by atoms with Crippen molar-refractivity contribution in [2.24, 2.45) is 0 Å². The van der Waals surface area contributed by atoms with Crippen molar-refractivity contribution in [2.75, 3.05) is 13.7 Å². The molecule has 1 saturated heterocycles. The summed E-state index contributed by atoms with van der Waals surface area (Å²) in [5.41, 5.74) is 1.15. The summed E-state index contributed by atoms with van der Waals surface area (Å²) in [4.78, 5) is 5.97. The first kappa shape index (κ1) is 11.3. The molecule has 2 aromatic rings. The minimum Gasteiger partial charge on any atom is -0.380 e. The number of hydrogen-bond donors (Lipinski definition) is 1. The molecule has 0 aromatic carbocycles. The van der Waals surface area contributed by atoms with Gasteiger partial charge in [0.15, 0.2) is 0 Å². The van der Waals surface area contributed by atoms with Gasteiger partial charge in [-0.25, -0.2) is 4.98 Å². The van der Waals surface area contributed by atoms with Crippen molar-refractivity contribution in [3.63, 3.8) is 0 Å². The second kappa shape index (κ2) is 4.86. The highest BCUT2D eigenvalue weighted by Gasteiger charge is 2.26. The van der Waals surface area contributed by atoms with Gasteiger partial charge in [0.25, 0.3) is 0 Å². The molecule has 1 fully saturated rings. The molecule has 0 spiro atoms. The zero-order valence-corrected chi connectivity index (χ0v) is 11.2. The van der Waals surface area contributed by atoms with Crippen LogP contribution in [0.4, 0.5) is 0 Å². The zero-order chi connectivity index (χ0) is 11.7. The number of methoxy groups -OCH3 is 1. The van der Waals surface area contributed by atoms with Crippen LogP contribution >= 0.6 is 22.7 Å². The number of ether oxygens (including phenoxy) is 1. The lowest BCUT2D eigenvalue weighted by Crippen LogP contribution is -2.16. The molecule has 1 aliphatic rings. The van der Waals surface area contributed by atoms with E-state index in [1.807, 2.05) is 0 Å². The molecular weight excluding hydrogens is 252 g/mol. The lowest BCUT2D eigenvalue weighted by Gasteiger charge is -2.06. The van der Waals surface area contributed by atoms with Crippen molar-refractivity contribution in [3.05, 3.63) is 28.6 Å². The zero-order valence-electron chi connectivity index (χ0n) is 9.55. The molecule has 0 bridgehead atoms. The molecule has 17 heavy (non-hydrogen) atoms. The fraction of sp³-hybridized carbons (Fsp3) is 0.417. The van der Waals surface area contributed by atoms with Crippen LogP contribution in [0.15, 0.2) is 22.9 Å². The number of hydrogen-bond acceptors (Lipinski definition) is 5. The lowest BCUT2D eigenvalue weighted by atomic mass is 10.1. The Hall–Kier alpha value is -0.750. The number of nitrogens with one attached hydrogen (secondary N) is 1. The summed E-state index contributed by atoms with van der Waals surface area (Å²) < 4.78 is 5.36. The molecule has 1 aliphatic heterocycles. The molecule has 3 rings (SSSR count). The van der Waals surface area contributed by atoms with Gasteiger partial charge in [-0.1, -0.05) is 6.07 Å². The number of thiophene rings is 1. The molecule has 0 radical (unpaired) electrons. The molecule has 3 nitrogen and oxygen atoms in total. The molecule has 3 heterocycles. The highest BCUT2D eigenvalue weighted by atomic mass is 32.1. The fourth-order valence-electron chi connectivity index (χ4n) is 2.07. The first-order valence-electron chi connectivity index (χ1n) is 5.62. The van der Waals surface area contributed by atoms with Gasteiger partial charge in [0.1, 0.15) is 5.01 Å². The van der Waals surface area contributed by atoms with Crippen molar-refractivity contribution < 1.29 is 4.74 Å². The second-order valence-electron chi connectivity index (χ2n) is 4.11. The minimum atomic E-state index is 0.326. The van der Waals surface area contributed by atoms with Crippen LogP contribution in [0, 0.1) is 0 Å². The van der Waals surface area contributed by atoms with Gasteiger partial charge < -0.3 is 10.1 Å². The van der Waals surface area contributed by atoms with Crippen LogP contribution in [0.1, 0.15) is 18.2 Å². The van der Waals surface area contributed by atoms with Crippen molar-refractivity contribution in [3.8, 4) is 9.88 Å². The van der Waals surface area contributed by atoms with Crippen LogP contribution in [-0.2, 0) is 4.74 Å². The first-order chi connectivity index (χ1) is 8.36. The molecule has 1 N–H and O–H groups in total. The maximum atomic E-state index is 5.36. The molecule has 5 heteroatoms. The van der Waals surface area contributed by atoms with Crippen molar-refractivity contribution >= 4 is 22.7 Å². The van der Waals surface area contributed by atoms with Crippen molar-refractivity contribution in [1.82, 2.24) is 10.3 Å². The van der Waals surface area contributed by atoms with Crippen LogP contribution in [-0.4, -0.2) is 24.7 Å². The van der Waals surface area contributed by atoms with Crippen molar-refractivity contribution in [1.29, 1.82) is 0 Å². The highest BCUT2D eigenvalue weighted by Crippen LogP contribution is 2.32. The number of rotatable bonds is 3. The van der Waals surface area contributed by atoms with Crippen LogP contribution in [0.3, 0.4) is 0 Å². The summed E-state index contributed by atoms with van der Waals surface area (Å²) in [5.74, 6) is 0. The fourth-order valence-corrected chi connectivity index (χ4v) is 3.76. The normalized spacial score (nSPS) is 24.3. The smallest absolute Gasteiger partial charge is 0.133 e. The summed E-state index contributed by atoms with van der Waals surface area (Å²) in [6.07, 6.45) is 1.34. The van der Waals surface area contributed by atoms with E-state index in [4.69, 9.17) is 9.72 Å². The van der Waals surface area contributed by atoms with E-state index in [-0.39, 0.29) is 0 Å². The van der Waals surface area contributed by atoms with E-state index in [2.05, 4.69) is 28.2 Å². The van der Waals surface area contributed by atoms with E-state index < -0.39 is 0 Å². The first-order valence-corrected chi connectivity index (χ1v) is 7.38. The summed E-state index contributed by atoms with van der Waals surface area (Å²) in [5, 5.41) is 8.82. The Labute approximate surface area is 108 Å². The minimum absolute atomic E-state index is 0.326. The number of nitrogens with zero attached hydrogens (tertiary/aromatic N) is 1. The monoisotopic (exact) mass is 266 g/mol. The summed E-state index contributed by atoms with van der Waals surface area (Å²) in [7, 11) is 1.77. The Bertz CT molecular complexity index is 480. The summed E-state index contributed by atoms with van der Waals surface area (Å²) in [6, 6.07) is 4.54. The van der Waals surface area contributed by atoms with Gasteiger partial charge in [-0.15, -0.1) is 22.7 Å². The third kappa shape index (κ3) is 2.28. The van der Waals surface area contributed by atoms with Gasteiger partial charge in [-0.05, 0) is 17.9 Å². The molecule has 0 aliphatic carbocycles. The maximum absolute atomic E-state index is 5.36. The van der Waals surface area contributed by atoms with E-state index in [0.717, 1.165) is 23.7 Å². The van der Waals surface area contributed by atoms with Gasteiger partial charge in [-0.3, -0.25) is 0 Å². The second-order valence-corrected chi connectivity index (χ2v) is 5.91. The standard InChI is InChI=1S/C12H14N2OS2/c1-15-8-5-9(13-6-8)10-7-17-12(14-10)11-3-2-4-16-11/h2-4,7-9,13H,5-6H2,1H3. The van der Waals surface area contributed by atoms with Crippen LogP contribution in [0.5, 0.6) is 0 Å². The van der Waals surface area contributed by atoms with Gasteiger partial charge in [0.2, 0.25) is 0 Å². The van der Waals surface area contributed by atoms with Crippen LogP contribution < -0.4 is 5.32 Å². The Morgan fingerprint density at radius 2 is 2.41 bits per heavy atom. The Balaban J connectivity index is 1.77. The van der Waals surface area contributed by atoms with Gasteiger partial charge in [0.05, 0.1) is 22.7 Å². The van der Waals surface area contributed by atoms with Crippen LogP contribution in [0.25, 0.3) is 9.88 Å². The highest BCUT2D eigenvalue weighted by molar-refractivity contribution is 7.20. The molecule has 2 atom stereocenters. The largest absolute Gasteiger partial charge is 0.380 e. The number of thiazole rings is 1. The predicted molar refractivity (Wildman–Crippen MR) is 71.6 cm³/mol. The topological polar surface area (TPSA) is 34.1 Å². The van der Waals surface area contributed by atoms with E-state index in [1.54, 1.807) is 29.8 Å².